The molecule has 438 valence electrons. The molecule has 0 aliphatic heterocycles. The molecule has 0 bridgehead atoms. The van der Waals surface area contributed by atoms with Gasteiger partial charge in [-0.1, -0.05) is 25.7 Å². The van der Waals surface area contributed by atoms with Crippen LogP contribution in [0.3, 0.4) is 0 Å². The van der Waals surface area contributed by atoms with Gasteiger partial charge in [-0.05, 0) is 117 Å². The van der Waals surface area contributed by atoms with Gasteiger partial charge in [0.1, 0.15) is 12.7 Å². The van der Waals surface area contributed by atoms with Crippen LogP contribution >= 0.6 is 0 Å². The largest absolute Gasteiger partial charge is 0.461 e. The van der Waals surface area contributed by atoms with Gasteiger partial charge in [-0.2, -0.15) is 0 Å². The molecule has 73 heavy (non-hydrogen) atoms. The van der Waals surface area contributed by atoms with Gasteiger partial charge in [0.2, 0.25) is 0 Å². The maximum atomic E-state index is 13.2. The Morgan fingerprint density at radius 2 is 0.562 bits per heavy atom. The van der Waals surface area contributed by atoms with Gasteiger partial charge in [-0.3, -0.25) is 0 Å². The first-order valence-corrected chi connectivity index (χ1v) is 25.6. The van der Waals surface area contributed by atoms with Crippen molar-refractivity contribution in [2.24, 2.45) is 53.3 Å². The Bertz CT molecular complexity index is 1330. The lowest BCUT2D eigenvalue weighted by Crippen LogP contribution is -2.51. The van der Waals surface area contributed by atoms with Crippen molar-refractivity contribution in [3.63, 3.8) is 0 Å². The molecular formula is C48H96O25. The van der Waals surface area contributed by atoms with Crippen molar-refractivity contribution in [2.75, 3.05) is 79.3 Å². The number of esters is 1. The quantitative estimate of drug-likeness (QED) is 0.0199. The van der Waals surface area contributed by atoms with Crippen molar-refractivity contribution in [1.82, 2.24) is 0 Å². The van der Waals surface area contributed by atoms with E-state index in [1.165, 1.54) is 0 Å². The molecule has 0 aromatic rings. The van der Waals surface area contributed by atoms with Crippen LogP contribution in [-0.4, -0.2) is 276 Å². The van der Waals surface area contributed by atoms with Crippen LogP contribution in [0.5, 0.6) is 0 Å². The van der Waals surface area contributed by atoms with Crippen molar-refractivity contribution in [3.8, 4) is 0 Å². The number of aliphatic hydroxyl groups excluding tert-OH is 23. The highest BCUT2D eigenvalue weighted by Crippen LogP contribution is 2.52. The number of hydrogen-bond donors (Lipinski definition) is 23. The number of ether oxygens (including phenoxy) is 1. The zero-order valence-electron chi connectivity index (χ0n) is 42.1. The molecule has 0 saturated carbocycles. The summed E-state index contributed by atoms with van der Waals surface area (Å²) in [5, 5.41) is 246. The standard InChI is InChI=1S/C48H96O25/c49-6-4-2-1-3-5-27(7-28(60)16-50)38(8-29(61)17-51)39(9-30(62)18-52)40(10-31(63)19-53)41(11-32(64)20-54)42(12-33(65)21-55)43(13-34(66)22-56)44(14-35(67)23-57)45(15-36(68)24-58)46(70)47(71)48(72)73-26-37(69)25-59/h27-47,49-71H,1-26H2. The first-order chi connectivity index (χ1) is 34.6. The van der Waals surface area contributed by atoms with Gasteiger partial charge in [-0.15, -0.1) is 0 Å². The smallest absolute Gasteiger partial charge is 0.337 e. The molecule has 21 atom stereocenters. The summed E-state index contributed by atoms with van der Waals surface area (Å²) in [4.78, 5) is 13.2. The molecule has 0 spiro atoms. The van der Waals surface area contributed by atoms with Crippen molar-refractivity contribution < 1.29 is 127 Å². The van der Waals surface area contributed by atoms with Gasteiger partial charge in [0, 0.05) is 6.61 Å². The third-order valence-electron chi connectivity index (χ3n) is 14.4. The number of carbonyl (C=O) groups excluding carboxylic acids is 1. The Morgan fingerprint density at radius 1 is 0.301 bits per heavy atom. The van der Waals surface area contributed by atoms with Crippen molar-refractivity contribution >= 4 is 5.97 Å². The molecule has 23 N–H and O–H groups in total. The third-order valence-corrected chi connectivity index (χ3v) is 14.4. The zero-order valence-corrected chi connectivity index (χ0v) is 42.1. The lowest BCUT2D eigenvalue weighted by atomic mass is 9.56. The molecule has 0 fully saturated rings. The van der Waals surface area contributed by atoms with Crippen LogP contribution in [0, 0.1) is 53.3 Å². The first-order valence-electron chi connectivity index (χ1n) is 25.6. The minimum absolute atomic E-state index is 0.0946. The van der Waals surface area contributed by atoms with Crippen molar-refractivity contribution in [3.05, 3.63) is 0 Å². The van der Waals surface area contributed by atoms with Crippen LogP contribution < -0.4 is 0 Å². The average Bonchev–Trinajstić information content (AvgIpc) is 3.39. The van der Waals surface area contributed by atoms with Crippen LogP contribution in [0.15, 0.2) is 0 Å². The predicted octanol–water partition coefficient (Wildman–Crippen LogP) is -7.22. The second-order valence-corrected chi connectivity index (χ2v) is 20.0. The lowest BCUT2D eigenvalue weighted by Gasteiger charge is -2.50. The highest BCUT2D eigenvalue weighted by molar-refractivity contribution is 5.75. The van der Waals surface area contributed by atoms with Crippen LogP contribution in [0.4, 0.5) is 0 Å². The molecule has 0 aliphatic carbocycles. The van der Waals surface area contributed by atoms with Crippen LogP contribution in [0.25, 0.3) is 0 Å². The molecular weight excluding hydrogens is 977 g/mol. The van der Waals surface area contributed by atoms with E-state index in [1.807, 2.05) is 0 Å². The summed E-state index contributed by atoms with van der Waals surface area (Å²) in [5.74, 6) is -13.4. The number of hydrogen-bond acceptors (Lipinski definition) is 25. The highest BCUT2D eigenvalue weighted by atomic mass is 16.6. The van der Waals surface area contributed by atoms with Gasteiger partial charge >= 0.3 is 5.97 Å². The van der Waals surface area contributed by atoms with Gasteiger partial charge < -0.3 is 122 Å². The normalized spacial score (nSPS) is 21.1. The van der Waals surface area contributed by atoms with E-state index < -0.39 is 250 Å². The van der Waals surface area contributed by atoms with Gasteiger partial charge in [0.25, 0.3) is 0 Å². The van der Waals surface area contributed by atoms with Crippen LogP contribution in [0.2, 0.25) is 0 Å². The summed E-state index contributed by atoms with van der Waals surface area (Å²) >= 11 is 0. The molecule has 0 heterocycles. The van der Waals surface area contributed by atoms with E-state index >= 15 is 0 Å². The third kappa shape index (κ3) is 27.1. The Hall–Kier alpha value is -1.45. The van der Waals surface area contributed by atoms with Crippen molar-refractivity contribution in [2.45, 2.75) is 163 Å². The molecule has 0 aliphatic rings. The Kier molecular flexibility index (Phi) is 39.9. The number of rotatable bonds is 47. The summed E-state index contributed by atoms with van der Waals surface area (Å²) in [5.41, 5.74) is 0. The molecule has 25 heteroatoms. The Morgan fingerprint density at radius 3 is 0.877 bits per heavy atom. The Balaban J connectivity index is 9.20. The van der Waals surface area contributed by atoms with Gasteiger partial charge in [0.15, 0.2) is 6.10 Å². The van der Waals surface area contributed by atoms with E-state index in [0.717, 1.165) is 0 Å². The van der Waals surface area contributed by atoms with Crippen LogP contribution in [-0.2, 0) is 9.53 Å². The van der Waals surface area contributed by atoms with E-state index in [9.17, 15) is 122 Å². The lowest BCUT2D eigenvalue weighted by molar-refractivity contribution is -0.169. The molecule has 0 aromatic heterocycles. The van der Waals surface area contributed by atoms with E-state index in [0.29, 0.717) is 25.7 Å². The fourth-order valence-corrected chi connectivity index (χ4v) is 10.9. The average molecular weight is 1070 g/mol. The minimum atomic E-state index is -2.56. The molecule has 0 radical (unpaired) electrons. The molecule has 0 amide bonds. The van der Waals surface area contributed by atoms with Crippen LogP contribution in [0.1, 0.15) is 89.9 Å². The predicted molar refractivity (Wildman–Crippen MR) is 257 cm³/mol. The Labute approximate surface area is 427 Å². The summed E-state index contributed by atoms with van der Waals surface area (Å²) in [6, 6.07) is 0. The number of unbranched alkanes of at least 4 members (excludes halogenated alkanes) is 3. The summed E-state index contributed by atoms with van der Waals surface area (Å²) in [6.07, 6.45) is -23.9. The van der Waals surface area contributed by atoms with E-state index in [4.69, 9.17) is 4.74 Å². The van der Waals surface area contributed by atoms with Gasteiger partial charge in [-0.25, -0.2) is 4.79 Å². The zero-order chi connectivity index (χ0) is 55.8. The molecule has 0 aromatic carbocycles. The molecule has 0 saturated heterocycles. The van der Waals surface area contributed by atoms with Crippen molar-refractivity contribution in [1.29, 1.82) is 0 Å². The summed E-state index contributed by atoms with van der Waals surface area (Å²) < 4.78 is 4.89. The second kappa shape index (κ2) is 40.7. The fourth-order valence-electron chi connectivity index (χ4n) is 10.9. The molecule has 21 unspecified atom stereocenters. The number of aliphatic hydroxyl groups is 23. The molecule has 0 rings (SSSR count). The molecule has 25 nitrogen and oxygen atoms in total. The highest BCUT2D eigenvalue weighted by Gasteiger charge is 2.50. The van der Waals surface area contributed by atoms with E-state index in [1.54, 1.807) is 0 Å². The monoisotopic (exact) mass is 1070 g/mol. The van der Waals surface area contributed by atoms with E-state index in [-0.39, 0.29) is 25.9 Å². The fraction of sp³-hybridized carbons (Fsp3) is 0.979. The first kappa shape index (κ1) is 71.5. The van der Waals surface area contributed by atoms with Gasteiger partial charge in [0.05, 0.1) is 127 Å². The maximum Gasteiger partial charge on any atom is 0.337 e. The van der Waals surface area contributed by atoms with E-state index in [2.05, 4.69) is 0 Å². The summed E-state index contributed by atoms with van der Waals surface area (Å²) in [6.45, 7) is -10.2. The topological polar surface area (TPSA) is 492 Å². The summed E-state index contributed by atoms with van der Waals surface area (Å²) in [7, 11) is 0. The SMILES string of the molecule is O=C(OCC(O)CO)C(O)C(O)C(CC(O)CO)C(CC(O)CO)C(CC(O)CO)C(CC(O)CO)C(CC(O)CO)C(CC(O)CO)C(CC(O)CO)C(CC(O)CO)C(CCCCCCO)CC(O)CO. The minimum Gasteiger partial charge on any atom is -0.461 e. The number of carbonyl (C=O) groups is 1. The maximum absolute atomic E-state index is 13.2. The second-order valence-electron chi connectivity index (χ2n) is 20.0.